The first-order valence-corrected chi connectivity index (χ1v) is 13.7. The molecule has 2 aromatic heterocycles. The molecule has 5 rings (SSSR count). The van der Waals surface area contributed by atoms with Crippen molar-refractivity contribution in [2.24, 2.45) is 0 Å². The van der Waals surface area contributed by atoms with Crippen LogP contribution in [0.4, 0.5) is 21.8 Å². The Morgan fingerprint density at radius 1 is 0.972 bits per heavy atom. The smallest absolute Gasteiger partial charge is 0.229 e. The molecule has 3 aromatic rings. The molecule has 0 aliphatic carbocycles. The average Bonchev–Trinajstić information content (AvgIpc) is 2.84. The van der Waals surface area contributed by atoms with Gasteiger partial charge in [-0.25, -0.2) is 17.8 Å². The molecule has 2 aliphatic heterocycles. The van der Waals surface area contributed by atoms with Gasteiger partial charge in [0.05, 0.1) is 61.5 Å². The summed E-state index contributed by atoms with van der Waals surface area (Å²) in [6.07, 6.45) is 0.979. The number of morpholine rings is 2. The van der Waals surface area contributed by atoms with E-state index in [9.17, 15) is 12.8 Å². The van der Waals surface area contributed by atoms with Crippen molar-refractivity contribution < 1.29 is 22.3 Å². The number of halogens is 1. The van der Waals surface area contributed by atoms with Gasteiger partial charge in [-0.1, -0.05) is 0 Å². The summed E-state index contributed by atoms with van der Waals surface area (Å²) in [7, 11) is -3.64. The van der Waals surface area contributed by atoms with E-state index in [1.54, 1.807) is 6.07 Å². The Bertz CT molecular complexity index is 1390. The Morgan fingerprint density at radius 2 is 1.67 bits per heavy atom. The lowest BCUT2D eigenvalue weighted by Gasteiger charge is -2.37. The molecule has 4 heterocycles. The van der Waals surface area contributed by atoms with Crippen molar-refractivity contribution in [2.75, 3.05) is 60.3 Å². The van der Waals surface area contributed by atoms with Crippen molar-refractivity contribution in [3.05, 3.63) is 36.1 Å². The molecule has 1 N–H and O–H groups in total. The SMILES string of the molecule is C[C@H]1COCCN1c1nc(N2CCOC[C@@H]2C)c2ccc(-c3ccc(F)c(NS(C)(=O)=O)c3)nc2n1. The summed E-state index contributed by atoms with van der Waals surface area (Å²) in [6, 6.07) is 8.18. The molecule has 10 nitrogen and oxygen atoms in total. The number of ether oxygens (including phenoxy) is 2. The normalized spacial score (nSPS) is 21.1. The quantitative estimate of drug-likeness (QED) is 0.547. The van der Waals surface area contributed by atoms with Crippen LogP contribution in [0.1, 0.15) is 13.8 Å². The Hall–Kier alpha value is -3.09. The number of benzene rings is 1. The number of sulfonamides is 1. The molecule has 36 heavy (non-hydrogen) atoms. The molecule has 1 aromatic carbocycles. The maximum atomic E-state index is 14.3. The van der Waals surface area contributed by atoms with Crippen molar-refractivity contribution >= 4 is 38.5 Å². The van der Waals surface area contributed by atoms with Gasteiger partial charge >= 0.3 is 0 Å². The van der Waals surface area contributed by atoms with Gasteiger partial charge in [-0.15, -0.1) is 0 Å². The zero-order valence-electron chi connectivity index (χ0n) is 20.4. The summed E-state index contributed by atoms with van der Waals surface area (Å²) in [5.74, 6) is 0.705. The highest BCUT2D eigenvalue weighted by molar-refractivity contribution is 7.92. The topological polar surface area (TPSA) is 110 Å². The van der Waals surface area contributed by atoms with Crippen LogP contribution < -0.4 is 14.5 Å². The number of pyridine rings is 1. The van der Waals surface area contributed by atoms with E-state index in [-0.39, 0.29) is 17.8 Å². The molecular weight excluding hydrogens is 487 g/mol. The van der Waals surface area contributed by atoms with Crippen LogP contribution in [0.3, 0.4) is 0 Å². The van der Waals surface area contributed by atoms with Crippen LogP contribution in [0.5, 0.6) is 0 Å². The van der Waals surface area contributed by atoms with E-state index in [2.05, 4.69) is 28.4 Å². The van der Waals surface area contributed by atoms with Crippen LogP contribution in [0.2, 0.25) is 0 Å². The van der Waals surface area contributed by atoms with E-state index in [0.717, 1.165) is 17.5 Å². The molecule has 2 atom stereocenters. The maximum absolute atomic E-state index is 14.3. The summed E-state index contributed by atoms with van der Waals surface area (Å²) in [4.78, 5) is 18.9. The predicted molar refractivity (Wildman–Crippen MR) is 136 cm³/mol. The minimum absolute atomic E-state index is 0.107. The number of aromatic nitrogens is 3. The number of hydrogen-bond acceptors (Lipinski definition) is 9. The van der Waals surface area contributed by atoms with Crippen LogP contribution in [-0.2, 0) is 19.5 Å². The van der Waals surface area contributed by atoms with Gasteiger partial charge in [-0.3, -0.25) is 4.72 Å². The minimum atomic E-state index is -3.64. The zero-order valence-corrected chi connectivity index (χ0v) is 21.3. The van der Waals surface area contributed by atoms with Crippen molar-refractivity contribution in [1.29, 1.82) is 0 Å². The molecule has 2 fully saturated rings. The Labute approximate surface area is 209 Å². The molecule has 0 amide bonds. The second kappa shape index (κ2) is 9.75. The van der Waals surface area contributed by atoms with Crippen LogP contribution in [0.25, 0.3) is 22.3 Å². The lowest BCUT2D eigenvalue weighted by molar-refractivity contribution is 0.0973. The van der Waals surface area contributed by atoms with Gasteiger partial charge < -0.3 is 19.3 Å². The summed E-state index contributed by atoms with van der Waals surface area (Å²) in [5, 5.41) is 0.800. The summed E-state index contributed by atoms with van der Waals surface area (Å²) in [5.41, 5.74) is 1.47. The number of nitrogens with zero attached hydrogens (tertiary/aromatic N) is 5. The van der Waals surface area contributed by atoms with Gasteiger partial charge in [0.15, 0.2) is 5.65 Å². The molecule has 0 bridgehead atoms. The first-order chi connectivity index (χ1) is 17.2. The van der Waals surface area contributed by atoms with E-state index in [0.29, 0.717) is 62.4 Å². The largest absolute Gasteiger partial charge is 0.377 e. The van der Waals surface area contributed by atoms with Crippen LogP contribution >= 0.6 is 0 Å². The second-order valence-electron chi connectivity index (χ2n) is 9.22. The average molecular weight is 517 g/mol. The third-order valence-electron chi connectivity index (χ3n) is 6.35. The molecule has 12 heteroatoms. The van der Waals surface area contributed by atoms with Crippen LogP contribution in [0.15, 0.2) is 30.3 Å². The van der Waals surface area contributed by atoms with E-state index in [1.807, 2.05) is 12.1 Å². The zero-order chi connectivity index (χ0) is 25.4. The highest BCUT2D eigenvalue weighted by Gasteiger charge is 2.27. The number of rotatable bonds is 5. The molecule has 0 spiro atoms. The molecule has 2 aliphatic rings. The van der Waals surface area contributed by atoms with Crippen molar-refractivity contribution in [1.82, 2.24) is 15.0 Å². The Balaban J connectivity index is 1.63. The van der Waals surface area contributed by atoms with E-state index in [4.69, 9.17) is 24.4 Å². The Kier molecular flexibility index (Phi) is 6.66. The monoisotopic (exact) mass is 516 g/mol. The molecule has 192 valence electrons. The highest BCUT2D eigenvalue weighted by Crippen LogP contribution is 2.32. The minimum Gasteiger partial charge on any atom is -0.377 e. The number of anilines is 3. The third-order valence-corrected chi connectivity index (χ3v) is 6.94. The fraction of sp³-hybridized carbons (Fsp3) is 0.458. The first kappa shape index (κ1) is 24.6. The van der Waals surface area contributed by atoms with Crippen molar-refractivity contribution in [3.63, 3.8) is 0 Å². The van der Waals surface area contributed by atoms with E-state index < -0.39 is 15.8 Å². The van der Waals surface area contributed by atoms with E-state index in [1.165, 1.54) is 12.1 Å². The standard InChI is InChI=1S/C24H29FN6O4S/c1-15-13-34-10-8-30(15)23-18-5-7-20(17-4-6-19(25)21(12-17)29-36(3,32)33)26-22(18)27-24(28-23)31-9-11-35-14-16(31)2/h4-7,12,15-16,29H,8-11,13-14H2,1-3H3/t15-,16-/m0/s1. The van der Waals surface area contributed by atoms with Crippen molar-refractivity contribution in [3.8, 4) is 11.3 Å². The van der Waals surface area contributed by atoms with Crippen LogP contribution in [-0.4, -0.2) is 81.2 Å². The molecule has 0 saturated carbocycles. The van der Waals surface area contributed by atoms with Gasteiger partial charge in [0.1, 0.15) is 11.6 Å². The summed E-state index contributed by atoms with van der Waals surface area (Å²) >= 11 is 0. The van der Waals surface area contributed by atoms with Gasteiger partial charge in [0.25, 0.3) is 0 Å². The van der Waals surface area contributed by atoms with E-state index >= 15 is 0 Å². The van der Waals surface area contributed by atoms with Crippen LogP contribution in [0, 0.1) is 5.82 Å². The van der Waals surface area contributed by atoms with Gasteiger partial charge in [0, 0.05) is 18.7 Å². The molecule has 2 saturated heterocycles. The Morgan fingerprint density at radius 3 is 2.33 bits per heavy atom. The highest BCUT2D eigenvalue weighted by atomic mass is 32.2. The van der Waals surface area contributed by atoms with Gasteiger partial charge in [-0.2, -0.15) is 9.97 Å². The molecule has 0 unspecified atom stereocenters. The lowest BCUT2D eigenvalue weighted by atomic mass is 10.1. The molecule has 0 radical (unpaired) electrons. The first-order valence-electron chi connectivity index (χ1n) is 11.8. The van der Waals surface area contributed by atoms with Gasteiger partial charge in [0.2, 0.25) is 16.0 Å². The maximum Gasteiger partial charge on any atom is 0.229 e. The summed E-state index contributed by atoms with van der Waals surface area (Å²) < 4.78 is 51.0. The molecular formula is C24H29FN6O4S. The summed E-state index contributed by atoms with van der Waals surface area (Å²) in [6.45, 7) is 7.93. The number of nitrogens with one attached hydrogen (secondary N) is 1. The fourth-order valence-electron chi connectivity index (χ4n) is 4.52. The van der Waals surface area contributed by atoms with Gasteiger partial charge in [-0.05, 0) is 44.2 Å². The second-order valence-corrected chi connectivity index (χ2v) is 11.0. The number of hydrogen-bond donors (Lipinski definition) is 1. The lowest BCUT2D eigenvalue weighted by Crippen LogP contribution is -2.46. The van der Waals surface area contributed by atoms with Crippen molar-refractivity contribution in [2.45, 2.75) is 25.9 Å². The number of fused-ring (bicyclic) bond motifs is 1. The predicted octanol–water partition coefficient (Wildman–Crippen LogP) is 2.65. The fourth-order valence-corrected chi connectivity index (χ4v) is 5.08. The third kappa shape index (κ3) is 5.06.